The van der Waals surface area contributed by atoms with E-state index in [2.05, 4.69) is 16.0 Å². The molecule has 0 aromatic heterocycles. The van der Waals surface area contributed by atoms with E-state index in [0.717, 1.165) is 0 Å². The Morgan fingerprint density at radius 2 is 1.75 bits per heavy atom. The van der Waals surface area contributed by atoms with Crippen LogP contribution in [0.3, 0.4) is 0 Å². The third-order valence-electron chi connectivity index (χ3n) is 3.13. The van der Waals surface area contributed by atoms with Crippen LogP contribution in [-0.2, 0) is 9.59 Å². The van der Waals surface area contributed by atoms with Gasteiger partial charge in [-0.3, -0.25) is 14.4 Å². The zero-order valence-electron chi connectivity index (χ0n) is 14.2. The molecule has 7 heteroatoms. The van der Waals surface area contributed by atoms with Crippen molar-refractivity contribution < 1.29 is 14.4 Å². The molecule has 0 aliphatic heterocycles. The largest absolute Gasteiger partial charge is 0.354 e. The summed E-state index contributed by atoms with van der Waals surface area (Å²) in [4.78, 5) is 35.6. The van der Waals surface area contributed by atoms with Crippen LogP contribution < -0.4 is 21.7 Å². The van der Waals surface area contributed by atoms with Crippen LogP contribution in [0.25, 0.3) is 0 Å². The van der Waals surface area contributed by atoms with Crippen LogP contribution in [0, 0.1) is 0 Å². The van der Waals surface area contributed by atoms with Gasteiger partial charge in [-0.05, 0) is 32.4 Å². The first-order valence-corrected chi connectivity index (χ1v) is 8.10. The number of hydrogen-bond donors (Lipinski definition) is 4. The zero-order valence-corrected chi connectivity index (χ0v) is 14.2. The quantitative estimate of drug-likeness (QED) is 0.539. The number of benzene rings is 1. The molecule has 0 fully saturated rings. The maximum atomic E-state index is 12.0. The first-order valence-electron chi connectivity index (χ1n) is 8.10. The average molecular weight is 334 g/mol. The summed E-state index contributed by atoms with van der Waals surface area (Å²) in [6.07, 6.45) is 0.959. The number of amides is 3. The van der Waals surface area contributed by atoms with Crippen LogP contribution in [0.15, 0.2) is 24.3 Å². The maximum Gasteiger partial charge on any atom is 0.253 e. The van der Waals surface area contributed by atoms with Crippen molar-refractivity contribution in [1.82, 2.24) is 10.6 Å². The van der Waals surface area contributed by atoms with Gasteiger partial charge in [0.15, 0.2) is 0 Å². The van der Waals surface area contributed by atoms with Gasteiger partial charge in [-0.2, -0.15) is 0 Å². The van der Waals surface area contributed by atoms with Crippen LogP contribution in [0.1, 0.15) is 43.5 Å². The van der Waals surface area contributed by atoms with Crippen LogP contribution >= 0.6 is 0 Å². The van der Waals surface area contributed by atoms with Gasteiger partial charge in [0, 0.05) is 32.0 Å². The molecule has 7 nitrogen and oxygen atoms in total. The second-order valence-electron chi connectivity index (χ2n) is 5.71. The van der Waals surface area contributed by atoms with E-state index < -0.39 is 0 Å². The standard InChI is InChI=1S/C17H26N4O3/c1-12(2)20-15(22)8-5-9-16(23)21-14-7-4-3-6-13(14)17(24)19-11-10-18/h3-4,6-7,12H,5,8-11,18H2,1-2H3,(H,19,24)(H,20,22)(H,21,23). The molecule has 1 aromatic carbocycles. The Hall–Kier alpha value is -2.41. The lowest BCUT2D eigenvalue weighted by molar-refractivity contribution is -0.121. The van der Waals surface area contributed by atoms with E-state index in [1.807, 2.05) is 13.8 Å². The molecular formula is C17H26N4O3. The zero-order chi connectivity index (χ0) is 17.9. The Morgan fingerprint density at radius 1 is 1.08 bits per heavy atom. The SMILES string of the molecule is CC(C)NC(=O)CCCC(=O)Nc1ccccc1C(=O)NCCN. The van der Waals surface area contributed by atoms with Crippen molar-refractivity contribution in [2.24, 2.45) is 5.73 Å². The lowest BCUT2D eigenvalue weighted by atomic mass is 10.1. The molecule has 0 unspecified atom stereocenters. The second kappa shape index (κ2) is 10.4. The smallest absolute Gasteiger partial charge is 0.253 e. The molecule has 3 amide bonds. The molecular weight excluding hydrogens is 308 g/mol. The number of carbonyl (C=O) groups excluding carboxylic acids is 3. The monoisotopic (exact) mass is 334 g/mol. The van der Waals surface area contributed by atoms with E-state index in [-0.39, 0.29) is 30.2 Å². The van der Waals surface area contributed by atoms with Crippen LogP contribution in [-0.4, -0.2) is 36.9 Å². The fourth-order valence-electron chi connectivity index (χ4n) is 2.09. The molecule has 0 saturated heterocycles. The molecule has 0 aliphatic rings. The number of para-hydroxylation sites is 1. The molecule has 5 N–H and O–H groups in total. The van der Waals surface area contributed by atoms with Crippen molar-refractivity contribution in [3.63, 3.8) is 0 Å². The van der Waals surface area contributed by atoms with Crippen molar-refractivity contribution in [2.75, 3.05) is 18.4 Å². The number of anilines is 1. The minimum Gasteiger partial charge on any atom is -0.354 e. The van der Waals surface area contributed by atoms with E-state index in [4.69, 9.17) is 5.73 Å². The van der Waals surface area contributed by atoms with Gasteiger partial charge >= 0.3 is 0 Å². The Morgan fingerprint density at radius 3 is 2.42 bits per heavy atom. The summed E-state index contributed by atoms with van der Waals surface area (Å²) in [5.41, 5.74) is 6.20. The summed E-state index contributed by atoms with van der Waals surface area (Å²) in [5.74, 6) is -0.585. The van der Waals surface area contributed by atoms with Crippen molar-refractivity contribution >= 4 is 23.4 Å². The summed E-state index contributed by atoms with van der Waals surface area (Å²) in [5, 5.41) is 8.17. The van der Waals surface area contributed by atoms with Crippen LogP contribution in [0.2, 0.25) is 0 Å². The van der Waals surface area contributed by atoms with Gasteiger partial charge in [-0.15, -0.1) is 0 Å². The van der Waals surface area contributed by atoms with Gasteiger partial charge in [-0.1, -0.05) is 12.1 Å². The van der Waals surface area contributed by atoms with Crippen molar-refractivity contribution in [3.05, 3.63) is 29.8 Å². The highest BCUT2D eigenvalue weighted by Gasteiger charge is 2.13. The molecule has 0 spiro atoms. The predicted octanol–water partition coefficient (Wildman–Crippen LogP) is 1.01. The van der Waals surface area contributed by atoms with Gasteiger partial charge < -0.3 is 21.7 Å². The summed E-state index contributed by atoms with van der Waals surface area (Å²) >= 11 is 0. The first kappa shape index (κ1) is 19.6. The highest BCUT2D eigenvalue weighted by molar-refractivity contribution is 6.03. The Labute approximate surface area is 142 Å². The van der Waals surface area contributed by atoms with Crippen LogP contribution in [0.4, 0.5) is 5.69 Å². The van der Waals surface area contributed by atoms with Crippen molar-refractivity contribution in [3.8, 4) is 0 Å². The highest BCUT2D eigenvalue weighted by atomic mass is 16.2. The Kier molecular flexibility index (Phi) is 8.49. The minimum absolute atomic E-state index is 0.0700. The van der Waals surface area contributed by atoms with Gasteiger partial charge in [0.05, 0.1) is 11.3 Å². The average Bonchev–Trinajstić information content (AvgIpc) is 2.52. The fraction of sp³-hybridized carbons (Fsp3) is 0.471. The predicted molar refractivity (Wildman–Crippen MR) is 93.6 cm³/mol. The molecule has 0 saturated carbocycles. The van der Waals surface area contributed by atoms with Crippen molar-refractivity contribution in [2.45, 2.75) is 39.2 Å². The van der Waals surface area contributed by atoms with Crippen molar-refractivity contribution in [1.29, 1.82) is 0 Å². The molecule has 0 bridgehead atoms. The number of nitrogens with one attached hydrogen (secondary N) is 3. The third kappa shape index (κ3) is 7.23. The topological polar surface area (TPSA) is 113 Å². The normalized spacial score (nSPS) is 10.3. The number of nitrogens with two attached hydrogens (primary N) is 1. The van der Waals surface area contributed by atoms with Gasteiger partial charge in [0.2, 0.25) is 11.8 Å². The molecule has 1 rings (SSSR count). The molecule has 0 aliphatic carbocycles. The van der Waals surface area contributed by atoms with E-state index in [1.54, 1.807) is 24.3 Å². The summed E-state index contributed by atoms with van der Waals surface area (Å²) in [6, 6.07) is 6.86. The fourth-order valence-corrected chi connectivity index (χ4v) is 2.09. The second-order valence-corrected chi connectivity index (χ2v) is 5.71. The summed E-state index contributed by atoms with van der Waals surface area (Å²) in [6.45, 7) is 4.49. The summed E-state index contributed by atoms with van der Waals surface area (Å²) < 4.78 is 0. The van der Waals surface area contributed by atoms with E-state index >= 15 is 0 Å². The Balaban J connectivity index is 2.52. The molecule has 0 radical (unpaired) electrons. The van der Waals surface area contributed by atoms with Crippen LogP contribution in [0.5, 0.6) is 0 Å². The highest BCUT2D eigenvalue weighted by Crippen LogP contribution is 2.15. The Bertz CT molecular complexity index is 573. The van der Waals surface area contributed by atoms with E-state index in [9.17, 15) is 14.4 Å². The van der Waals surface area contributed by atoms with Gasteiger partial charge in [0.25, 0.3) is 5.91 Å². The van der Waals surface area contributed by atoms with E-state index in [1.165, 1.54) is 0 Å². The minimum atomic E-state index is -0.285. The molecule has 132 valence electrons. The van der Waals surface area contributed by atoms with E-state index in [0.29, 0.717) is 37.2 Å². The maximum absolute atomic E-state index is 12.0. The first-order chi connectivity index (χ1) is 11.4. The molecule has 24 heavy (non-hydrogen) atoms. The molecule has 0 heterocycles. The lowest BCUT2D eigenvalue weighted by Crippen LogP contribution is -2.30. The summed E-state index contributed by atoms with van der Waals surface area (Å²) in [7, 11) is 0. The third-order valence-corrected chi connectivity index (χ3v) is 3.13. The number of hydrogen-bond acceptors (Lipinski definition) is 4. The molecule has 1 aromatic rings. The number of carbonyl (C=O) groups is 3. The lowest BCUT2D eigenvalue weighted by Gasteiger charge is -2.11. The van der Waals surface area contributed by atoms with Gasteiger partial charge in [0.1, 0.15) is 0 Å². The van der Waals surface area contributed by atoms with Gasteiger partial charge in [-0.25, -0.2) is 0 Å². The molecule has 0 atom stereocenters. The number of rotatable bonds is 9.